The van der Waals surface area contributed by atoms with Crippen LogP contribution in [0.1, 0.15) is 18.2 Å². The van der Waals surface area contributed by atoms with Crippen molar-refractivity contribution in [1.29, 1.82) is 0 Å². The van der Waals surface area contributed by atoms with Crippen LogP contribution in [0.15, 0.2) is 48.7 Å². The molecule has 3 aromatic heterocycles. The van der Waals surface area contributed by atoms with Gasteiger partial charge in [0.1, 0.15) is 5.82 Å². The number of benzene rings is 1. The molecule has 0 N–H and O–H groups in total. The Morgan fingerprint density at radius 1 is 1.03 bits per heavy atom. The molecule has 1 saturated heterocycles. The molecular formula is C22H24N6O. The van der Waals surface area contributed by atoms with Crippen molar-refractivity contribution < 1.29 is 4.74 Å². The second-order valence-corrected chi connectivity index (χ2v) is 7.35. The van der Waals surface area contributed by atoms with Crippen molar-refractivity contribution in [3.05, 3.63) is 59.9 Å². The fourth-order valence-corrected chi connectivity index (χ4v) is 3.71. The maximum absolute atomic E-state index is 5.53. The van der Waals surface area contributed by atoms with Crippen molar-refractivity contribution in [1.82, 2.24) is 24.4 Å². The minimum Gasteiger partial charge on any atom is -0.378 e. The molecule has 7 nitrogen and oxygen atoms in total. The van der Waals surface area contributed by atoms with Gasteiger partial charge in [-0.25, -0.2) is 9.67 Å². The van der Waals surface area contributed by atoms with Crippen LogP contribution in [0.3, 0.4) is 0 Å². The number of aromatic nitrogens is 5. The Hall–Kier alpha value is -3.19. The lowest BCUT2D eigenvalue weighted by Crippen LogP contribution is -2.37. The number of ether oxygens (including phenoxy) is 1. The van der Waals surface area contributed by atoms with Gasteiger partial charge >= 0.3 is 0 Å². The van der Waals surface area contributed by atoms with E-state index in [1.54, 1.807) is 0 Å². The lowest BCUT2D eigenvalue weighted by Gasteiger charge is -2.29. The number of morpholine rings is 1. The predicted molar refractivity (Wildman–Crippen MR) is 113 cm³/mol. The molecule has 29 heavy (non-hydrogen) atoms. The van der Waals surface area contributed by atoms with Gasteiger partial charge < -0.3 is 9.64 Å². The van der Waals surface area contributed by atoms with Crippen LogP contribution >= 0.6 is 0 Å². The molecule has 0 amide bonds. The average Bonchev–Trinajstić information content (AvgIpc) is 3.41. The smallest absolute Gasteiger partial charge is 0.160 e. The Bertz CT molecular complexity index is 1160. The Morgan fingerprint density at radius 2 is 1.90 bits per heavy atom. The average molecular weight is 388 g/mol. The van der Waals surface area contributed by atoms with Gasteiger partial charge in [-0.15, -0.1) is 0 Å². The number of fused-ring (bicyclic) bond motifs is 1. The number of hydrogen-bond acceptors (Lipinski definition) is 5. The summed E-state index contributed by atoms with van der Waals surface area (Å²) >= 11 is 0. The van der Waals surface area contributed by atoms with Gasteiger partial charge in [0.05, 0.1) is 24.6 Å². The maximum Gasteiger partial charge on any atom is 0.160 e. The molecule has 0 bridgehead atoms. The van der Waals surface area contributed by atoms with E-state index in [2.05, 4.69) is 55.1 Å². The molecule has 1 aliphatic heterocycles. The molecule has 4 aromatic rings. The minimum absolute atomic E-state index is 0.723. The first-order chi connectivity index (χ1) is 14.2. The van der Waals surface area contributed by atoms with E-state index in [1.165, 1.54) is 5.56 Å². The molecule has 0 radical (unpaired) electrons. The maximum atomic E-state index is 5.53. The lowest BCUT2D eigenvalue weighted by molar-refractivity contribution is 0.122. The zero-order valence-electron chi connectivity index (χ0n) is 16.7. The Kier molecular flexibility index (Phi) is 4.52. The van der Waals surface area contributed by atoms with Crippen LogP contribution in [-0.2, 0) is 11.2 Å². The van der Waals surface area contributed by atoms with Crippen molar-refractivity contribution in [2.75, 3.05) is 31.2 Å². The highest BCUT2D eigenvalue weighted by Gasteiger charge is 2.18. The molecule has 0 saturated carbocycles. The minimum atomic E-state index is 0.723. The second-order valence-electron chi connectivity index (χ2n) is 7.35. The molecule has 7 heteroatoms. The molecule has 4 heterocycles. The number of anilines is 1. The van der Waals surface area contributed by atoms with E-state index in [4.69, 9.17) is 19.9 Å². The van der Waals surface area contributed by atoms with Crippen LogP contribution in [0.5, 0.6) is 0 Å². The van der Waals surface area contributed by atoms with E-state index in [1.807, 2.05) is 21.5 Å². The highest BCUT2D eigenvalue weighted by Crippen LogP contribution is 2.23. The first-order valence-corrected chi connectivity index (χ1v) is 10.1. The van der Waals surface area contributed by atoms with Gasteiger partial charge in [0.25, 0.3) is 0 Å². The summed E-state index contributed by atoms with van der Waals surface area (Å²) in [6.45, 7) is 7.33. The molecule has 0 spiro atoms. The number of rotatable bonds is 4. The molecular weight excluding hydrogens is 364 g/mol. The predicted octanol–water partition coefficient (Wildman–Crippen LogP) is 3.29. The summed E-state index contributed by atoms with van der Waals surface area (Å²) in [6.07, 6.45) is 2.84. The summed E-state index contributed by atoms with van der Waals surface area (Å²) in [5, 5.41) is 9.54. The highest BCUT2D eigenvalue weighted by molar-refractivity contribution is 5.60. The van der Waals surface area contributed by atoms with Gasteiger partial charge in [-0.3, -0.25) is 0 Å². The summed E-state index contributed by atoms with van der Waals surface area (Å²) < 4.78 is 9.32. The Labute approximate surface area is 169 Å². The molecule has 1 fully saturated rings. The first-order valence-electron chi connectivity index (χ1n) is 10.1. The van der Waals surface area contributed by atoms with E-state index in [0.717, 1.165) is 67.0 Å². The molecule has 0 atom stereocenters. The van der Waals surface area contributed by atoms with Gasteiger partial charge in [0.15, 0.2) is 11.5 Å². The van der Waals surface area contributed by atoms with Crippen molar-refractivity contribution in [3.8, 4) is 17.1 Å². The third-order valence-corrected chi connectivity index (χ3v) is 5.28. The van der Waals surface area contributed by atoms with Crippen LogP contribution in [-0.4, -0.2) is 50.7 Å². The van der Waals surface area contributed by atoms with Crippen molar-refractivity contribution in [2.24, 2.45) is 0 Å². The van der Waals surface area contributed by atoms with Gasteiger partial charge in [0, 0.05) is 37.0 Å². The normalized spacial score (nSPS) is 14.6. The lowest BCUT2D eigenvalue weighted by atomic mass is 10.1. The molecule has 1 aromatic carbocycles. The van der Waals surface area contributed by atoms with E-state index >= 15 is 0 Å². The third-order valence-electron chi connectivity index (χ3n) is 5.28. The number of hydrogen-bond donors (Lipinski definition) is 0. The first kappa shape index (κ1) is 17.9. The van der Waals surface area contributed by atoms with Gasteiger partial charge in [-0.05, 0) is 25.5 Å². The van der Waals surface area contributed by atoms with Gasteiger partial charge in [-0.2, -0.15) is 14.7 Å². The third kappa shape index (κ3) is 3.38. The van der Waals surface area contributed by atoms with Crippen LogP contribution in [0.2, 0.25) is 0 Å². The molecule has 0 aliphatic carbocycles. The number of aryl methyl sites for hydroxylation is 2. The van der Waals surface area contributed by atoms with Crippen LogP contribution in [0.4, 0.5) is 5.82 Å². The summed E-state index contributed by atoms with van der Waals surface area (Å²) in [4.78, 5) is 7.14. The van der Waals surface area contributed by atoms with Crippen molar-refractivity contribution >= 4 is 11.5 Å². The Morgan fingerprint density at radius 3 is 2.69 bits per heavy atom. The van der Waals surface area contributed by atoms with Crippen LogP contribution < -0.4 is 4.90 Å². The summed E-state index contributed by atoms with van der Waals surface area (Å²) in [7, 11) is 0. The topological polar surface area (TPSA) is 60.5 Å². The number of nitrogens with zero attached hydrogens (tertiary/aromatic N) is 6. The molecule has 0 unspecified atom stereocenters. The monoisotopic (exact) mass is 388 g/mol. The molecule has 5 rings (SSSR count). The fourth-order valence-electron chi connectivity index (χ4n) is 3.71. The summed E-state index contributed by atoms with van der Waals surface area (Å²) in [6, 6.07) is 14.5. The second kappa shape index (κ2) is 7.33. The van der Waals surface area contributed by atoms with Crippen LogP contribution in [0, 0.1) is 6.92 Å². The zero-order valence-corrected chi connectivity index (χ0v) is 16.7. The van der Waals surface area contributed by atoms with E-state index in [0.29, 0.717) is 0 Å². The SMILES string of the molecule is CCc1cc2nc(-n3ccc(-c4cccc(C)c4)n3)cc(N3CCOCC3)n2n1. The van der Waals surface area contributed by atoms with Crippen LogP contribution in [0.25, 0.3) is 22.7 Å². The van der Waals surface area contributed by atoms with Crippen molar-refractivity contribution in [2.45, 2.75) is 20.3 Å². The Balaban J connectivity index is 1.60. The van der Waals surface area contributed by atoms with E-state index in [-0.39, 0.29) is 0 Å². The quantitative estimate of drug-likeness (QED) is 0.537. The fraction of sp³-hybridized carbons (Fsp3) is 0.318. The van der Waals surface area contributed by atoms with Gasteiger partial charge in [-0.1, -0.05) is 30.7 Å². The molecule has 1 aliphatic rings. The highest BCUT2D eigenvalue weighted by atomic mass is 16.5. The van der Waals surface area contributed by atoms with E-state index in [9.17, 15) is 0 Å². The summed E-state index contributed by atoms with van der Waals surface area (Å²) in [5.41, 5.74) is 5.14. The largest absolute Gasteiger partial charge is 0.378 e. The molecule has 148 valence electrons. The van der Waals surface area contributed by atoms with E-state index < -0.39 is 0 Å². The summed E-state index contributed by atoms with van der Waals surface area (Å²) in [5.74, 6) is 1.82. The van der Waals surface area contributed by atoms with Crippen molar-refractivity contribution in [3.63, 3.8) is 0 Å². The van der Waals surface area contributed by atoms with Gasteiger partial charge in [0.2, 0.25) is 0 Å². The standard InChI is InChI=1S/C22H24N6O/c1-3-18-14-21-23-20(15-22(28(21)24-18)26-9-11-29-12-10-26)27-8-7-19(25-27)17-6-4-5-16(2)13-17/h4-8,13-15H,3,9-12H2,1-2H3. The zero-order chi connectivity index (χ0) is 19.8.